The number of carbonyl (C=O) groups excluding carboxylic acids is 2. The molecule has 2 N–H and O–H groups in total. The Hall–Kier alpha value is -1.06. The minimum atomic E-state index is 0.0486. The van der Waals surface area contributed by atoms with Crippen LogP contribution >= 0.6 is 0 Å². The van der Waals surface area contributed by atoms with Gasteiger partial charge in [0.05, 0.1) is 0 Å². The van der Waals surface area contributed by atoms with Crippen LogP contribution in [0.2, 0.25) is 0 Å². The van der Waals surface area contributed by atoms with E-state index >= 15 is 0 Å². The lowest BCUT2D eigenvalue weighted by Gasteiger charge is -2.30. The lowest BCUT2D eigenvalue weighted by Crippen LogP contribution is -2.44. The highest BCUT2D eigenvalue weighted by Crippen LogP contribution is 2.19. The van der Waals surface area contributed by atoms with Gasteiger partial charge in [-0.25, -0.2) is 0 Å². The molecule has 0 aromatic heterocycles. The minimum Gasteiger partial charge on any atom is -0.353 e. The molecule has 4 nitrogen and oxygen atoms in total. The van der Waals surface area contributed by atoms with Crippen LogP contribution in [-0.2, 0) is 9.59 Å². The molecule has 4 heteroatoms. The normalized spacial score (nSPS) is 24.5. The summed E-state index contributed by atoms with van der Waals surface area (Å²) in [5.74, 6) is 0.304. The van der Waals surface area contributed by atoms with E-state index in [1.807, 2.05) is 20.8 Å². The zero-order chi connectivity index (χ0) is 12.8. The molecular formula is C13H24N2O2. The predicted molar refractivity (Wildman–Crippen MR) is 67.5 cm³/mol. The Labute approximate surface area is 104 Å². The summed E-state index contributed by atoms with van der Waals surface area (Å²) in [5.41, 5.74) is 0. The van der Waals surface area contributed by atoms with Gasteiger partial charge < -0.3 is 10.6 Å². The standard InChI is InChI=1S/C13H24N2O2/c1-4-12(16)14-10-5-7-11(8-6-10)15-13(17)9(2)3/h9-11H,4-8H2,1-3H3,(H,14,16)(H,15,17). The van der Waals surface area contributed by atoms with Gasteiger partial charge in [0.25, 0.3) is 0 Å². The summed E-state index contributed by atoms with van der Waals surface area (Å²) in [7, 11) is 0. The highest BCUT2D eigenvalue weighted by molar-refractivity contribution is 5.78. The molecule has 98 valence electrons. The fraction of sp³-hybridized carbons (Fsp3) is 0.846. The van der Waals surface area contributed by atoms with Crippen LogP contribution < -0.4 is 10.6 Å². The van der Waals surface area contributed by atoms with Crippen molar-refractivity contribution in [1.82, 2.24) is 10.6 Å². The molecule has 1 aliphatic rings. The third-order valence-electron chi connectivity index (χ3n) is 3.28. The molecule has 1 saturated carbocycles. The molecule has 0 unspecified atom stereocenters. The van der Waals surface area contributed by atoms with Crippen LogP contribution in [-0.4, -0.2) is 23.9 Å². The van der Waals surface area contributed by atoms with Crippen LogP contribution in [0.1, 0.15) is 52.9 Å². The smallest absolute Gasteiger partial charge is 0.222 e. The Morgan fingerprint density at radius 2 is 1.53 bits per heavy atom. The van der Waals surface area contributed by atoms with Gasteiger partial charge in [0.15, 0.2) is 0 Å². The summed E-state index contributed by atoms with van der Waals surface area (Å²) in [6.07, 6.45) is 4.41. The maximum atomic E-state index is 11.5. The van der Waals surface area contributed by atoms with Crippen molar-refractivity contribution in [3.8, 4) is 0 Å². The topological polar surface area (TPSA) is 58.2 Å². The average molecular weight is 240 g/mol. The van der Waals surface area contributed by atoms with Crippen LogP contribution in [0.4, 0.5) is 0 Å². The van der Waals surface area contributed by atoms with Crippen molar-refractivity contribution in [3.63, 3.8) is 0 Å². The van der Waals surface area contributed by atoms with Crippen molar-refractivity contribution >= 4 is 11.8 Å². The molecule has 0 radical (unpaired) electrons. The minimum absolute atomic E-state index is 0.0486. The molecular weight excluding hydrogens is 216 g/mol. The Bertz CT molecular complexity index is 269. The molecule has 0 heterocycles. The van der Waals surface area contributed by atoms with E-state index in [4.69, 9.17) is 0 Å². The molecule has 2 amide bonds. The maximum Gasteiger partial charge on any atom is 0.222 e. The molecule has 1 aliphatic carbocycles. The monoisotopic (exact) mass is 240 g/mol. The quantitative estimate of drug-likeness (QED) is 0.784. The summed E-state index contributed by atoms with van der Waals surface area (Å²) in [5, 5.41) is 6.07. The first-order valence-corrected chi connectivity index (χ1v) is 6.62. The summed E-state index contributed by atoms with van der Waals surface area (Å²) in [4.78, 5) is 22.8. The number of hydrogen-bond donors (Lipinski definition) is 2. The third-order valence-corrected chi connectivity index (χ3v) is 3.28. The Kier molecular flexibility index (Phi) is 5.45. The second-order valence-corrected chi connectivity index (χ2v) is 5.13. The zero-order valence-corrected chi connectivity index (χ0v) is 11.1. The zero-order valence-electron chi connectivity index (χ0n) is 11.1. The Balaban J connectivity index is 2.26. The van der Waals surface area contributed by atoms with Gasteiger partial charge in [-0.3, -0.25) is 9.59 Å². The lowest BCUT2D eigenvalue weighted by molar-refractivity contribution is -0.125. The molecule has 0 saturated heterocycles. The molecule has 1 rings (SSSR count). The summed E-state index contributed by atoms with van der Waals surface area (Å²) >= 11 is 0. The lowest BCUT2D eigenvalue weighted by atomic mass is 9.90. The highest BCUT2D eigenvalue weighted by Gasteiger charge is 2.23. The first-order valence-electron chi connectivity index (χ1n) is 6.62. The van der Waals surface area contributed by atoms with Crippen molar-refractivity contribution in [1.29, 1.82) is 0 Å². The van der Waals surface area contributed by atoms with E-state index in [-0.39, 0.29) is 17.7 Å². The van der Waals surface area contributed by atoms with E-state index in [1.165, 1.54) is 0 Å². The molecule has 0 spiro atoms. The van der Waals surface area contributed by atoms with Crippen LogP contribution in [0.5, 0.6) is 0 Å². The molecule has 17 heavy (non-hydrogen) atoms. The Morgan fingerprint density at radius 3 is 1.94 bits per heavy atom. The van der Waals surface area contributed by atoms with Crippen LogP contribution in [0.3, 0.4) is 0 Å². The molecule has 0 aromatic rings. The first kappa shape index (κ1) is 14.0. The molecule has 0 bridgehead atoms. The number of hydrogen-bond acceptors (Lipinski definition) is 2. The summed E-state index contributed by atoms with van der Waals surface area (Å²) in [6, 6.07) is 0.592. The van der Waals surface area contributed by atoms with Gasteiger partial charge in [0, 0.05) is 24.4 Å². The van der Waals surface area contributed by atoms with E-state index in [0.717, 1.165) is 25.7 Å². The van der Waals surface area contributed by atoms with Gasteiger partial charge in [-0.15, -0.1) is 0 Å². The van der Waals surface area contributed by atoms with E-state index in [0.29, 0.717) is 18.5 Å². The van der Waals surface area contributed by atoms with Gasteiger partial charge in [-0.1, -0.05) is 20.8 Å². The van der Waals surface area contributed by atoms with E-state index in [9.17, 15) is 9.59 Å². The van der Waals surface area contributed by atoms with Crippen LogP contribution in [0.25, 0.3) is 0 Å². The van der Waals surface area contributed by atoms with Gasteiger partial charge in [0.1, 0.15) is 0 Å². The van der Waals surface area contributed by atoms with Crippen molar-refractivity contribution in [2.45, 2.75) is 65.0 Å². The second-order valence-electron chi connectivity index (χ2n) is 5.13. The molecule has 1 fully saturated rings. The largest absolute Gasteiger partial charge is 0.353 e. The first-order chi connectivity index (χ1) is 8.02. The second kappa shape index (κ2) is 6.62. The maximum absolute atomic E-state index is 11.5. The SMILES string of the molecule is CCC(=O)NC1CCC(NC(=O)C(C)C)CC1. The third kappa shape index (κ3) is 4.75. The predicted octanol–water partition coefficient (Wildman–Crippen LogP) is 1.60. The highest BCUT2D eigenvalue weighted by atomic mass is 16.2. The van der Waals surface area contributed by atoms with Crippen molar-refractivity contribution < 1.29 is 9.59 Å². The number of carbonyl (C=O) groups is 2. The van der Waals surface area contributed by atoms with Gasteiger partial charge in [0.2, 0.25) is 11.8 Å². The molecule has 0 aliphatic heterocycles. The average Bonchev–Trinajstić information content (AvgIpc) is 2.31. The van der Waals surface area contributed by atoms with Crippen molar-refractivity contribution in [2.24, 2.45) is 5.92 Å². The Morgan fingerprint density at radius 1 is 1.06 bits per heavy atom. The van der Waals surface area contributed by atoms with E-state index in [1.54, 1.807) is 0 Å². The van der Waals surface area contributed by atoms with Crippen molar-refractivity contribution in [2.75, 3.05) is 0 Å². The molecule has 0 atom stereocenters. The molecule has 0 aromatic carbocycles. The van der Waals surface area contributed by atoms with Gasteiger partial charge in [-0.2, -0.15) is 0 Å². The number of amides is 2. The number of nitrogens with one attached hydrogen (secondary N) is 2. The fourth-order valence-corrected chi connectivity index (χ4v) is 2.08. The van der Waals surface area contributed by atoms with E-state index in [2.05, 4.69) is 10.6 Å². The van der Waals surface area contributed by atoms with E-state index < -0.39 is 0 Å². The summed E-state index contributed by atoms with van der Waals surface area (Å²) < 4.78 is 0. The summed E-state index contributed by atoms with van der Waals surface area (Å²) in [6.45, 7) is 5.68. The van der Waals surface area contributed by atoms with Crippen molar-refractivity contribution in [3.05, 3.63) is 0 Å². The number of rotatable bonds is 4. The van der Waals surface area contributed by atoms with Crippen LogP contribution in [0.15, 0.2) is 0 Å². The van der Waals surface area contributed by atoms with Crippen LogP contribution in [0, 0.1) is 5.92 Å². The fourth-order valence-electron chi connectivity index (χ4n) is 2.08. The van der Waals surface area contributed by atoms with Gasteiger partial charge in [-0.05, 0) is 25.7 Å². The van der Waals surface area contributed by atoms with Gasteiger partial charge >= 0.3 is 0 Å².